The summed E-state index contributed by atoms with van der Waals surface area (Å²) in [6.45, 7) is 4.55. The van der Waals surface area contributed by atoms with Gasteiger partial charge in [0.2, 0.25) is 0 Å². The molecule has 0 aromatic heterocycles. The standard InChI is InChI=1S/C14H21NO2/c1-4-6-11-7-8-13(14(9-11)16-3)17-12(5-2)10-15/h4,6-9,12H,5,10,15H2,1-3H3. The Bertz CT molecular complexity index is 370. The maximum absolute atomic E-state index is 5.79. The van der Waals surface area contributed by atoms with E-state index in [0.29, 0.717) is 6.54 Å². The minimum absolute atomic E-state index is 0.0384. The Hall–Kier alpha value is -1.48. The van der Waals surface area contributed by atoms with E-state index in [2.05, 4.69) is 6.92 Å². The van der Waals surface area contributed by atoms with Crippen molar-refractivity contribution in [1.29, 1.82) is 0 Å². The van der Waals surface area contributed by atoms with Crippen molar-refractivity contribution in [3.8, 4) is 11.5 Å². The monoisotopic (exact) mass is 235 g/mol. The van der Waals surface area contributed by atoms with Gasteiger partial charge in [0.05, 0.1) is 7.11 Å². The highest BCUT2D eigenvalue weighted by Crippen LogP contribution is 2.29. The zero-order valence-corrected chi connectivity index (χ0v) is 10.8. The van der Waals surface area contributed by atoms with Gasteiger partial charge in [-0.15, -0.1) is 0 Å². The lowest BCUT2D eigenvalue weighted by atomic mass is 10.2. The molecule has 0 saturated carbocycles. The third-order valence-corrected chi connectivity index (χ3v) is 2.56. The zero-order valence-electron chi connectivity index (χ0n) is 10.8. The summed E-state index contributed by atoms with van der Waals surface area (Å²) in [7, 11) is 1.64. The van der Waals surface area contributed by atoms with Crippen LogP contribution in [0.4, 0.5) is 0 Å². The van der Waals surface area contributed by atoms with E-state index in [0.717, 1.165) is 23.5 Å². The van der Waals surface area contributed by atoms with E-state index >= 15 is 0 Å². The van der Waals surface area contributed by atoms with Crippen molar-refractivity contribution in [2.75, 3.05) is 13.7 Å². The lowest BCUT2D eigenvalue weighted by Gasteiger charge is -2.17. The van der Waals surface area contributed by atoms with Gasteiger partial charge in [0.1, 0.15) is 6.10 Å². The summed E-state index contributed by atoms with van der Waals surface area (Å²) in [4.78, 5) is 0. The molecule has 0 fully saturated rings. The maximum Gasteiger partial charge on any atom is 0.161 e. The van der Waals surface area contributed by atoms with Crippen LogP contribution in [-0.2, 0) is 0 Å². The molecule has 3 nitrogen and oxygen atoms in total. The fraction of sp³-hybridized carbons (Fsp3) is 0.429. The largest absolute Gasteiger partial charge is 0.493 e. The van der Waals surface area contributed by atoms with Gasteiger partial charge in [-0.05, 0) is 31.0 Å². The first-order chi connectivity index (χ1) is 8.24. The Labute approximate surface area is 103 Å². The van der Waals surface area contributed by atoms with Gasteiger partial charge in [-0.3, -0.25) is 0 Å². The van der Waals surface area contributed by atoms with Crippen LogP contribution >= 0.6 is 0 Å². The second kappa shape index (κ2) is 6.97. The molecule has 1 rings (SSSR count). The van der Waals surface area contributed by atoms with Crippen molar-refractivity contribution < 1.29 is 9.47 Å². The molecule has 0 radical (unpaired) electrons. The summed E-state index contributed by atoms with van der Waals surface area (Å²) in [5.74, 6) is 1.49. The van der Waals surface area contributed by atoms with Gasteiger partial charge >= 0.3 is 0 Å². The van der Waals surface area contributed by atoms with Crippen LogP contribution in [-0.4, -0.2) is 19.8 Å². The minimum Gasteiger partial charge on any atom is -0.493 e. The summed E-state index contributed by atoms with van der Waals surface area (Å²) < 4.78 is 11.1. The molecule has 1 aromatic rings. The predicted octanol–water partition coefficient (Wildman–Crippen LogP) is 2.84. The molecule has 94 valence electrons. The molecule has 0 aliphatic heterocycles. The average Bonchev–Trinajstić information content (AvgIpc) is 2.37. The lowest BCUT2D eigenvalue weighted by molar-refractivity contribution is 0.196. The molecule has 1 unspecified atom stereocenters. The number of hydrogen-bond acceptors (Lipinski definition) is 3. The van der Waals surface area contributed by atoms with Crippen LogP contribution in [0.1, 0.15) is 25.8 Å². The smallest absolute Gasteiger partial charge is 0.161 e. The summed E-state index contributed by atoms with van der Waals surface area (Å²) in [6, 6.07) is 5.88. The molecule has 0 aliphatic rings. The van der Waals surface area contributed by atoms with E-state index < -0.39 is 0 Å². The van der Waals surface area contributed by atoms with Crippen molar-refractivity contribution >= 4 is 6.08 Å². The fourth-order valence-corrected chi connectivity index (χ4v) is 1.56. The topological polar surface area (TPSA) is 44.5 Å². The third-order valence-electron chi connectivity index (χ3n) is 2.56. The van der Waals surface area contributed by atoms with Gasteiger partial charge in [-0.25, -0.2) is 0 Å². The summed E-state index contributed by atoms with van der Waals surface area (Å²) in [5, 5.41) is 0. The molecular weight excluding hydrogens is 214 g/mol. The summed E-state index contributed by atoms with van der Waals surface area (Å²) >= 11 is 0. The molecule has 0 spiro atoms. The van der Waals surface area contributed by atoms with Gasteiger partial charge in [0, 0.05) is 6.54 Å². The number of benzene rings is 1. The number of nitrogens with two attached hydrogens (primary N) is 1. The van der Waals surface area contributed by atoms with Crippen LogP contribution in [0, 0.1) is 0 Å². The third kappa shape index (κ3) is 3.79. The molecule has 0 bridgehead atoms. The van der Waals surface area contributed by atoms with Crippen LogP contribution in [0.2, 0.25) is 0 Å². The second-order valence-electron chi connectivity index (χ2n) is 3.79. The van der Waals surface area contributed by atoms with E-state index in [1.807, 2.05) is 37.3 Å². The molecule has 3 heteroatoms. The Morgan fingerprint density at radius 3 is 2.65 bits per heavy atom. The number of hydrogen-bond donors (Lipinski definition) is 1. The summed E-state index contributed by atoms with van der Waals surface area (Å²) in [5.41, 5.74) is 6.72. The van der Waals surface area contributed by atoms with Crippen molar-refractivity contribution in [2.24, 2.45) is 5.73 Å². The van der Waals surface area contributed by atoms with Crippen molar-refractivity contribution in [3.05, 3.63) is 29.8 Å². The molecule has 17 heavy (non-hydrogen) atoms. The lowest BCUT2D eigenvalue weighted by Crippen LogP contribution is -2.25. The Morgan fingerprint density at radius 1 is 1.35 bits per heavy atom. The van der Waals surface area contributed by atoms with Gasteiger partial charge in [-0.1, -0.05) is 25.1 Å². The van der Waals surface area contributed by atoms with E-state index in [9.17, 15) is 0 Å². The molecule has 1 atom stereocenters. The molecule has 1 aromatic carbocycles. The summed E-state index contributed by atoms with van der Waals surface area (Å²) in [6.07, 6.45) is 4.93. The fourth-order valence-electron chi connectivity index (χ4n) is 1.56. The number of allylic oxidation sites excluding steroid dienone is 1. The van der Waals surface area contributed by atoms with Crippen molar-refractivity contribution in [1.82, 2.24) is 0 Å². The number of rotatable bonds is 6. The van der Waals surface area contributed by atoms with Crippen LogP contribution < -0.4 is 15.2 Å². The van der Waals surface area contributed by atoms with Gasteiger partial charge in [0.25, 0.3) is 0 Å². The van der Waals surface area contributed by atoms with Crippen LogP contribution in [0.15, 0.2) is 24.3 Å². The van der Waals surface area contributed by atoms with Crippen LogP contribution in [0.3, 0.4) is 0 Å². The Kier molecular flexibility index (Phi) is 5.57. The highest BCUT2D eigenvalue weighted by Gasteiger charge is 2.10. The zero-order chi connectivity index (χ0) is 12.7. The first kappa shape index (κ1) is 13.6. The van der Waals surface area contributed by atoms with E-state index in [-0.39, 0.29) is 6.10 Å². The predicted molar refractivity (Wildman–Crippen MR) is 71.5 cm³/mol. The van der Waals surface area contributed by atoms with E-state index in [1.165, 1.54) is 0 Å². The van der Waals surface area contributed by atoms with Crippen LogP contribution in [0.25, 0.3) is 6.08 Å². The average molecular weight is 235 g/mol. The highest BCUT2D eigenvalue weighted by molar-refractivity contribution is 5.55. The SMILES string of the molecule is CC=Cc1ccc(OC(CC)CN)c(OC)c1. The maximum atomic E-state index is 5.79. The van der Waals surface area contributed by atoms with E-state index in [4.69, 9.17) is 15.2 Å². The molecule has 0 heterocycles. The minimum atomic E-state index is 0.0384. The van der Waals surface area contributed by atoms with Crippen LogP contribution in [0.5, 0.6) is 11.5 Å². The Morgan fingerprint density at radius 2 is 2.12 bits per heavy atom. The van der Waals surface area contributed by atoms with Gasteiger partial charge in [-0.2, -0.15) is 0 Å². The first-order valence-electron chi connectivity index (χ1n) is 5.92. The second-order valence-corrected chi connectivity index (χ2v) is 3.79. The number of ether oxygens (including phenoxy) is 2. The quantitative estimate of drug-likeness (QED) is 0.824. The highest BCUT2D eigenvalue weighted by atomic mass is 16.5. The van der Waals surface area contributed by atoms with Gasteiger partial charge < -0.3 is 15.2 Å². The first-order valence-corrected chi connectivity index (χ1v) is 5.92. The molecule has 2 N–H and O–H groups in total. The van der Waals surface area contributed by atoms with E-state index in [1.54, 1.807) is 7.11 Å². The number of methoxy groups -OCH3 is 1. The molecule has 0 aliphatic carbocycles. The van der Waals surface area contributed by atoms with Gasteiger partial charge in [0.15, 0.2) is 11.5 Å². The van der Waals surface area contributed by atoms with Crippen molar-refractivity contribution in [2.45, 2.75) is 26.4 Å². The Balaban J connectivity index is 2.91. The molecule has 0 saturated heterocycles. The normalized spacial score (nSPS) is 12.7. The molecule has 0 amide bonds. The van der Waals surface area contributed by atoms with Crippen molar-refractivity contribution in [3.63, 3.8) is 0 Å². The molecular formula is C14H21NO2.